The summed E-state index contributed by atoms with van der Waals surface area (Å²) in [4.78, 5) is 23.0. The number of carboxylic acid groups (broad SMARTS) is 2. The van der Waals surface area contributed by atoms with Crippen LogP contribution in [0.4, 0.5) is 10.6 Å². The predicted octanol–water partition coefficient (Wildman–Crippen LogP) is 5.61. The van der Waals surface area contributed by atoms with Gasteiger partial charge >= 0.3 is 12.1 Å². The van der Waals surface area contributed by atoms with Crippen LogP contribution in [0.5, 0.6) is 0 Å². The minimum atomic E-state index is -1.10. The van der Waals surface area contributed by atoms with E-state index in [1.807, 2.05) is 48.5 Å². The highest BCUT2D eigenvalue weighted by Gasteiger charge is 2.51. The molecule has 1 aromatic heterocycles. The second-order valence-electron chi connectivity index (χ2n) is 9.21. The molecular formula is C26H27N3O4. The van der Waals surface area contributed by atoms with Gasteiger partial charge < -0.3 is 10.2 Å². The van der Waals surface area contributed by atoms with Gasteiger partial charge in [0.05, 0.1) is 11.6 Å². The Hall–Kier alpha value is -3.61. The van der Waals surface area contributed by atoms with E-state index in [9.17, 15) is 19.8 Å². The molecule has 0 radical (unpaired) electrons. The first-order valence-corrected chi connectivity index (χ1v) is 11.5. The lowest BCUT2D eigenvalue weighted by Gasteiger charge is -2.13. The van der Waals surface area contributed by atoms with Crippen LogP contribution in [0.3, 0.4) is 0 Å². The summed E-state index contributed by atoms with van der Waals surface area (Å²) in [5.41, 5.74) is 3.82. The predicted molar refractivity (Wildman–Crippen MR) is 125 cm³/mol. The molecule has 2 aromatic carbocycles. The van der Waals surface area contributed by atoms with Gasteiger partial charge in [-0.15, -0.1) is 0 Å². The zero-order chi connectivity index (χ0) is 23.0. The van der Waals surface area contributed by atoms with Crippen LogP contribution < -0.4 is 5.32 Å². The Balaban J connectivity index is 1.38. The van der Waals surface area contributed by atoms with E-state index in [0.717, 1.165) is 47.2 Å². The number of benzene rings is 2. The molecule has 1 amide bonds. The van der Waals surface area contributed by atoms with Gasteiger partial charge in [-0.3, -0.25) is 10.1 Å². The molecule has 7 nitrogen and oxygen atoms in total. The number of carbonyl (C=O) groups is 2. The molecule has 7 heteroatoms. The van der Waals surface area contributed by atoms with E-state index in [0.29, 0.717) is 24.6 Å². The molecule has 3 N–H and O–H groups in total. The van der Waals surface area contributed by atoms with Crippen LogP contribution in [0.2, 0.25) is 0 Å². The lowest BCUT2D eigenvalue weighted by molar-refractivity contribution is -0.140. The van der Waals surface area contributed by atoms with Crippen LogP contribution in [-0.2, 0) is 16.8 Å². The minimum Gasteiger partial charge on any atom is -0.481 e. The molecule has 5 rings (SSSR count). The SMILES string of the molecule is O=C(O)Nc1c(-c2ccc(-c3ccc(C4(C(=O)O)CC4)cc3)cc2)cnn1CC1CCCC1. The van der Waals surface area contributed by atoms with Gasteiger partial charge in [-0.1, -0.05) is 61.4 Å². The number of nitrogens with one attached hydrogen (secondary N) is 1. The van der Waals surface area contributed by atoms with Crippen molar-refractivity contribution in [3.63, 3.8) is 0 Å². The molecule has 3 aromatic rings. The summed E-state index contributed by atoms with van der Waals surface area (Å²) in [6.45, 7) is 0.720. The molecule has 170 valence electrons. The normalized spacial score (nSPS) is 17.1. The van der Waals surface area contributed by atoms with Crippen molar-refractivity contribution < 1.29 is 19.8 Å². The van der Waals surface area contributed by atoms with E-state index < -0.39 is 17.5 Å². The summed E-state index contributed by atoms with van der Waals surface area (Å²) >= 11 is 0. The molecule has 0 spiro atoms. The maximum Gasteiger partial charge on any atom is 0.410 e. The monoisotopic (exact) mass is 445 g/mol. The molecule has 0 aliphatic heterocycles. The number of aromatic nitrogens is 2. The highest BCUT2D eigenvalue weighted by Crippen LogP contribution is 2.48. The summed E-state index contributed by atoms with van der Waals surface area (Å²) < 4.78 is 1.78. The maximum absolute atomic E-state index is 11.6. The van der Waals surface area contributed by atoms with Crippen LogP contribution in [0.25, 0.3) is 22.3 Å². The van der Waals surface area contributed by atoms with Crippen LogP contribution in [0.15, 0.2) is 54.7 Å². The lowest BCUT2D eigenvalue weighted by Crippen LogP contribution is -2.19. The molecule has 2 aliphatic carbocycles. The van der Waals surface area contributed by atoms with Gasteiger partial charge in [0.15, 0.2) is 0 Å². The van der Waals surface area contributed by atoms with Crippen molar-refractivity contribution in [2.75, 3.05) is 5.32 Å². The van der Waals surface area contributed by atoms with E-state index in [2.05, 4.69) is 10.4 Å². The zero-order valence-electron chi connectivity index (χ0n) is 18.3. The molecule has 2 saturated carbocycles. The van der Waals surface area contributed by atoms with E-state index in [1.54, 1.807) is 10.9 Å². The zero-order valence-corrected chi connectivity index (χ0v) is 18.3. The van der Waals surface area contributed by atoms with Crippen molar-refractivity contribution >= 4 is 17.9 Å². The van der Waals surface area contributed by atoms with Gasteiger partial charge in [0.1, 0.15) is 5.82 Å². The van der Waals surface area contributed by atoms with E-state index >= 15 is 0 Å². The fourth-order valence-corrected chi connectivity index (χ4v) is 4.98. The minimum absolute atomic E-state index is 0.509. The van der Waals surface area contributed by atoms with Crippen molar-refractivity contribution in [1.82, 2.24) is 9.78 Å². The Morgan fingerprint density at radius 1 is 0.939 bits per heavy atom. The van der Waals surface area contributed by atoms with Crippen molar-refractivity contribution in [3.05, 3.63) is 60.3 Å². The third-order valence-electron chi connectivity index (χ3n) is 7.10. The fraction of sp³-hybridized carbons (Fsp3) is 0.346. The lowest BCUT2D eigenvalue weighted by atomic mass is 9.93. The number of amides is 1. The number of anilines is 1. The molecular weight excluding hydrogens is 418 g/mol. The average Bonchev–Trinajstić information content (AvgIpc) is 3.32. The number of nitrogens with zero attached hydrogens (tertiary/aromatic N) is 2. The van der Waals surface area contributed by atoms with Crippen molar-refractivity contribution in [2.45, 2.75) is 50.5 Å². The quantitative estimate of drug-likeness (QED) is 0.438. The summed E-state index contributed by atoms with van der Waals surface area (Å²) in [7, 11) is 0. The number of hydrogen-bond acceptors (Lipinski definition) is 3. The molecule has 2 fully saturated rings. The Morgan fingerprint density at radius 3 is 2.06 bits per heavy atom. The van der Waals surface area contributed by atoms with E-state index in [1.165, 1.54) is 12.8 Å². The second kappa shape index (κ2) is 8.39. The Bertz CT molecular complexity index is 1170. The third-order valence-corrected chi connectivity index (χ3v) is 7.10. The Labute approximate surface area is 192 Å². The molecule has 1 heterocycles. The van der Waals surface area contributed by atoms with Gasteiger partial charge in [-0.25, -0.2) is 9.48 Å². The van der Waals surface area contributed by atoms with Gasteiger partial charge in [0.25, 0.3) is 0 Å². The first kappa shape index (κ1) is 21.2. The first-order chi connectivity index (χ1) is 16.0. The van der Waals surface area contributed by atoms with Crippen molar-refractivity contribution in [2.24, 2.45) is 5.92 Å². The molecule has 2 aliphatic rings. The molecule has 0 bridgehead atoms. The highest BCUT2D eigenvalue weighted by molar-refractivity contribution is 5.89. The topological polar surface area (TPSA) is 104 Å². The molecule has 0 saturated heterocycles. The smallest absolute Gasteiger partial charge is 0.410 e. The largest absolute Gasteiger partial charge is 0.481 e. The van der Waals surface area contributed by atoms with E-state index in [-0.39, 0.29) is 0 Å². The highest BCUT2D eigenvalue weighted by atomic mass is 16.4. The van der Waals surface area contributed by atoms with Gasteiger partial charge in [0, 0.05) is 12.1 Å². The number of aliphatic carboxylic acids is 1. The Kier molecular flexibility index (Phi) is 5.40. The van der Waals surface area contributed by atoms with Gasteiger partial charge in [0.2, 0.25) is 0 Å². The van der Waals surface area contributed by atoms with Crippen molar-refractivity contribution in [3.8, 4) is 22.3 Å². The Morgan fingerprint density at radius 2 is 1.52 bits per heavy atom. The fourth-order valence-electron chi connectivity index (χ4n) is 4.98. The first-order valence-electron chi connectivity index (χ1n) is 11.5. The summed E-state index contributed by atoms with van der Waals surface area (Å²) in [5.74, 6) is 0.294. The maximum atomic E-state index is 11.6. The summed E-state index contributed by atoms with van der Waals surface area (Å²) in [6.07, 6.45) is 6.77. The van der Waals surface area contributed by atoms with Gasteiger partial charge in [-0.2, -0.15) is 5.10 Å². The van der Waals surface area contributed by atoms with Crippen molar-refractivity contribution in [1.29, 1.82) is 0 Å². The summed E-state index contributed by atoms with van der Waals surface area (Å²) in [5, 5.41) is 25.9. The molecule has 0 unspecified atom stereocenters. The average molecular weight is 446 g/mol. The van der Waals surface area contributed by atoms with Crippen LogP contribution in [0, 0.1) is 5.92 Å². The van der Waals surface area contributed by atoms with Crippen LogP contribution >= 0.6 is 0 Å². The number of rotatable bonds is 7. The van der Waals surface area contributed by atoms with Crippen LogP contribution in [0.1, 0.15) is 44.1 Å². The van der Waals surface area contributed by atoms with Gasteiger partial charge in [-0.05, 0) is 53.9 Å². The second-order valence-corrected chi connectivity index (χ2v) is 9.21. The summed E-state index contributed by atoms with van der Waals surface area (Å²) in [6, 6.07) is 15.7. The number of hydrogen-bond donors (Lipinski definition) is 3. The molecule has 0 atom stereocenters. The van der Waals surface area contributed by atoms with Crippen LogP contribution in [-0.4, -0.2) is 32.1 Å². The standard InChI is InChI=1S/C26H27N3O4/c30-24(31)26(13-14-26)21-11-9-19(10-12-21)18-5-7-20(8-6-18)22-15-27-29(23(22)28-25(32)33)16-17-3-1-2-4-17/h5-12,15,17,28H,1-4,13-14,16H2,(H,30,31)(H,32,33). The van der Waals surface area contributed by atoms with E-state index in [4.69, 9.17) is 0 Å². The third kappa shape index (κ3) is 4.11. The molecule has 33 heavy (non-hydrogen) atoms. The number of carboxylic acids is 1.